The van der Waals surface area contributed by atoms with Gasteiger partial charge < -0.3 is 30.6 Å². The Morgan fingerprint density at radius 3 is 0.714 bits per heavy atom. The fourth-order valence-corrected chi connectivity index (χ4v) is 15.1. The molecule has 0 aliphatic heterocycles. The van der Waals surface area contributed by atoms with Gasteiger partial charge in [0.1, 0.15) is 23.0 Å². The molecule has 4 aromatic rings. The van der Waals surface area contributed by atoms with E-state index in [0.29, 0.717) is 42.9 Å². The molecule has 4 rings (SSSR count). The van der Waals surface area contributed by atoms with Crippen LogP contribution in [0.15, 0.2) is 48.5 Å². The van der Waals surface area contributed by atoms with Crippen molar-refractivity contribution in [2.24, 2.45) is 16.2 Å². The molecule has 0 unspecified atom stereocenters. The van der Waals surface area contributed by atoms with E-state index in [-0.39, 0.29) is 48.0 Å². The lowest BCUT2D eigenvalue weighted by Gasteiger charge is -2.45. The fraction of sp³-hybridized carbons (Fsp3) is 0.649. The molecular weight excluding hydrogens is 1080 g/mol. The van der Waals surface area contributed by atoms with Crippen LogP contribution in [0.3, 0.4) is 0 Å². The molecule has 0 bridgehead atoms. The van der Waals surface area contributed by atoms with Crippen molar-refractivity contribution in [3.63, 3.8) is 0 Å². The number of hydrogen-bond acceptors (Lipinski definition) is 8. The van der Waals surface area contributed by atoms with Crippen LogP contribution in [0.1, 0.15) is 266 Å². The van der Waals surface area contributed by atoms with E-state index in [0.717, 1.165) is 66.8 Å². The Hall–Kier alpha value is -4.28. The van der Waals surface area contributed by atoms with Crippen molar-refractivity contribution >= 4 is 35.5 Å². The first kappa shape index (κ1) is 72.2. The normalized spacial score (nSPS) is 13.9. The van der Waals surface area contributed by atoms with Gasteiger partial charge in [0.05, 0.1) is 11.8 Å². The standard InChI is InChI=1S/C74H114O8S2/c1-64(2,3)50-31-46(32-51(59(50)77)65(4,5)6)39-72(25,40-47-33-52(66(7,8)9)60(78)53(34-47)67(10,11)12)43-74(63(81)82,45-84-30-29-83-28-27-58(75)76)44-73(26,41-48-35-54(68(13,14)15)61(79)55(36-48)69(16,17)18)42-49-37-56(70(19,20)21)62(80)57(38-49)71(22,23)24/h31-38,77-80H,27-30,39-45H2,1-26H3,(H,75,76)(H,81,82). The van der Waals surface area contributed by atoms with Gasteiger partial charge in [-0.3, -0.25) is 9.59 Å². The summed E-state index contributed by atoms with van der Waals surface area (Å²) in [6.07, 6.45) is 2.54. The zero-order valence-corrected chi connectivity index (χ0v) is 58.8. The molecule has 0 heterocycles. The van der Waals surface area contributed by atoms with Crippen molar-refractivity contribution < 1.29 is 40.2 Å². The second-order valence-corrected chi connectivity index (χ2v) is 36.6. The zero-order valence-electron chi connectivity index (χ0n) is 57.2. The van der Waals surface area contributed by atoms with Gasteiger partial charge in [-0.25, -0.2) is 0 Å². The number of phenolic OH excluding ortho intramolecular Hbond substituents is 4. The molecule has 470 valence electrons. The second-order valence-electron chi connectivity index (χ2n) is 34.2. The molecule has 84 heavy (non-hydrogen) atoms. The summed E-state index contributed by atoms with van der Waals surface area (Å²) in [5.41, 5.74) is 4.59. The number of phenols is 4. The largest absolute Gasteiger partial charge is 0.507 e. The molecule has 6 N–H and O–H groups in total. The quantitative estimate of drug-likeness (QED) is 0.0444. The Labute approximate surface area is 518 Å². The first-order chi connectivity index (χ1) is 37.6. The summed E-state index contributed by atoms with van der Waals surface area (Å²) in [5, 5.41) is 70.5. The monoisotopic (exact) mass is 1190 g/mol. The smallest absolute Gasteiger partial charge is 0.310 e. The van der Waals surface area contributed by atoms with Crippen LogP contribution >= 0.6 is 23.5 Å². The summed E-state index contributed by atoms with van der Waals surface area (Å²) in [5.74, 6) is 1.46. The van der Waals surface area contributed by atoms with Gasteiger partial charge in [-0.2, -0.15) is 23.5 Å². The van der Waals surface area contributed by atoms with Crippen molar-refractivity contribution in [2.45, 2.75) is 268 Å². The van der Waals surface area contributed by atoms with Gasteiger partial charge in [-0.1, -0.05) is 229 Å². The molecule has 4 aromatic carbocycles. The van der Waals surface area contributed by atoms with Crippen LogP contribution in [-0.4, -0.2) is 65.6 Å². The number of benzene rings is 4. The van der Waals surface area contributed by atoms with Gasteiger partial charge in [-0.15, -0.1) is 0 Å². The van der Waals surface area contributed by atoms with Crippen LogP contribution in [0.25, 0.3) is 0 Å². The van der Waals surface area contributed by atoms with Crippen molar-refractivity contribution in [1.82, 2.24) is 0 Å². The lowest BCUT2D eigenvalue weighted by atomic mass is 9.60. The number of aromatic hydroxyl groups is 4. The average molecular weight is 1200 g/mol. The number of hydrogen-bond donors (Lipinski definition) is 6. The van der Waals surface area contributed by atoms with Gasteiger partial charge in [-0.05, 0) is 159 Å². The minimum atomic E-state index is -1.37. The highest BCUT2D eigenvalue weighted by Gasteiger charge is 2.50. The first-order valence-electron chi connectivity index (χ1n) is 30.7. The van der Waals surface area contributed by atoms with Gasteiger partial charge in [0, 0.05) is 23.0 Å². The van der Waals surface area contributed by atoms with Crippen molar-refractivity contribution in [1.29, 1.82) is 0 Å². The summed E-state index contributed by atoms with van der Waals surface area (Å²) in [6, 6.07) is 17.2. The Morgan fingerprint density at radius 1 is 0.333 bits per heavy atom. The second kappa shape index (κ2) is 25.4. The molecule has 10 heteroatoms. The van der Waals surface area contributed by atoms with Gasteiger partial charge in [0.15, 0.2) is 0 Å². The van der Waals surface area contributed by atoms with Gasteiger partial charge in [0.25, 0.3) is 0 Å². The van der Waals surface area contributed by atoms with Crippen LogP contribution in [0.5, 0.6) is 23.0 Å². The Bertz CT molecular complexity index is 2490. The fourth-order valence-electron chi connectivity index (χ4n) is 12.8. The van der Waals surface area contributed by atoms with Gasteiger partial charge in [0.2, 0.25) is 0 Å². The van der Waals surface area contributed by atoms with E-state index in [1.165, 1.54) is 0 Å². The third-order valence-corrected chi connectivity index (χ3v) is 19.4. The molecule has 0 aromatic heterocycles. The minimum absolute atomic E-state index is 0.0531. The highest BCUT2D eigenvalue weighted by Crippen LogP contribution is 2.53. The summed E-state index contributed by atoms with van der Waals surface area (Å²) in [7, 11) is 0. The number of rotatable bonds is 21. The predicted octanol–water partition coefficient (Wildman–Crippen LogP) is 19.0. The Balaban J connectivity index is 2.25. The molecule has 0 saturated heterocycles. The van der Waals surface area contributed by atoms with Crippen LogP contribution in [0.4, 0.5) is 0 Å². The maximum Gasteiger partial charge on any atom is 0.310 e. The molecule has 8 nitrogen and oxygen atoms in total. The van der Waals surface area contributed by atoms with Crippen LogP contribution in [0.2, 0.25) is 0 Å². The first-order valence-corrected chi connectivity index (χ1v) is 33.0. The summed E-state index contributed by atoms with van der Waals surface area (Å²) < 4.78 is 0. The van der Waals surface area contributed by atoms with Crippen molar-refractivity contribution in [3.8, 4) is 23.0 Å². The van der Waals surface area contributed by atoms with E-state index in [9.17, 15) is 35.4 Å². The van der Waals surface area contributed by atoms with Crippen LogP contribution < -0.4 is 0 Å². The molecule has 0 fully saturated rings. The lowest BCUT2D eigenvalue weighted by Crippen LogP contribution is -2.45. The molecule has 0 saturated carbocycles. The molecule has 0 spiro atoms. The number of carboxylic acids is 2. The third kappa shape index (κ3) is 18.6. The topological polar surface area (TPSA) is 156 Å². The SMILES string of the molecule is CC(Cc1cc(C(C)(C)C)c(O)c(C(C)(C)C)c1)(Cc1cc(C(C)(C)C)c(O)c(C(C)(C)C)c1)CC(CSCCSCCC(=O)O)(CC(C)(Cc1cc(C(C)(C)C)c(O)c(C(C)(C)C)c1)Cc1cc(C(C)(C)C)c(O)c(C(C)(C)C)c1)C(=O)O. The van der Waals surface area contributed by atoms with Gasteiger partial charge >= 0.3 is 11.9 Å². The zero-order chi connectivity index (χ0) is 64.7. The molecule has 0 aliphatic carbocycles. The van der Waals surface area contributed by atoms with Crippen molar-refractivity contribution in [3.05, 3.63) is 115 Å². The number of thioether (sulfide) groups is 2. The highest BCUT2D eigenvalue weighted by molar-refractivity contribution is 8.02. The summed E-state index contributed by atoms with van der Waals surface area (Å²) >= 11 is 3.20. The molecule has 0 amide bonds. The average Bonchev–Trinajstić information content (AvgIpc) is 1.76. The lowest BCUT2D eigenvalue weighted by molar-refractivity contribution is -0.152. The van der Waals surface area contributed by atoms with Crippen LogP contribution in [0, 0.1) is 16.2 Å². The maximum absolute atomic E-state index is 15.5. The highest BCUT2D eigenvalue weighted by atomic mass is 32.2. The number of carbonyl (C=O) groups is 2. The molecular formula is C74H114O8S2. The van der Waals surface area contributed by atoms with E-state index < -0.39 is 71.5 Å². The minimum Gasteiger partial charge on any atom is -0.507 e. The maximum atomic E-state index is 15.5. The number of carboxylic acid groups (broad SMARTS) is 2. The number of aliphatic carboxylic acids is 2. The Morgan fingerprint density at radius 2 is 0.536 bits per heavy atom. The van der Waals surface area contributed by atoms with E-state index >= 15 is 4.79 Å². The van der Waals surface area contributed by atoms with E-state index in [1.807, 2.05) is 0 Å². The summed E-state index contributed by atoms with van der Waals surface area (Å²) in [4.78, 5) is 27.0. The van der Waals surface area contributed by atoms with Crippen LogP contribution in [-0.2, 0) is 78.6 Å². The van der Waals surface area contributed by atoms with E-state index in [4.69, 9.17) is 0 Å². The van der Waals surface area contributed by atoms with E-state index in [1.54, 1.807) is 23.5 Å². The summed E-state index contributed by atoms with van der Waals surface area (Å²) in [6.45, 7) is 55.4. The molecule has 0 atom stereocenters. The van der Waals surface area contributed by atoms with Crippen molar-refractivity contribution in [2.75, 3.05) is 23.0 Å². The third-order valence-electron chi connectivity index (χ3n) is 16.9. The van der Waals surface area contributed by atoms with E-state index in [2.05, 4.69) is 229 Å². The predicted molar refractivity (Wildman–Crippen MR) is 359 cm³/mol. The molecule has 0 radical (unpaired) electrons. The molecule has 0 aliphatic rings. The Kier molecular flexibility index (Phi) is 21.9.